The number of carbonyl (C=O) groups excluding carboxylic acids is 3. The molecule has 326 valence electrons. The van der Waals surface area contributed by atoms with Gasteiger partial charge in [-0.3, -0.25) is 19.3 Å². The number of primary amides is 1. The minimum absolute atomic E-state index is 0. The summed E-state index contributed by atoms with van der Waals surface area (Å²) in [5, 5.41) is 3.16. The van der Waals surface area contributed by atoms with Gasteiger partial charge in [-0.05, 0) is 55.5 Å². The van der Waals surface area contributed by atoms with Crippen molar-refractivity contribution in [3.8, 4) is 11.3 Å². The number of ether oxygens (including phenoxy) is 3. The topological polar surface area (TPSA) is 226 Å². The van der Waals surface area contributed by atoms with Gasteiger partial charge in [-0.15, -0.1) is 0 Å². The molecule has 0 radical (unpaired) electrons. The first-order valence-electron chi connectivity index (χ1n) is 19.9. The van der Waals surface area contributed by atoms with Crippen LogP contribution in [-0.2, 0) is 26.1 Å². The van der Waals surface area contributed by atoms with Gasteiger partial charge in [0.2, 0.25) is 17.7 Å². The molecule has 2 aliphatic rings. The number of imide groups is 1. The quantitative estimate of drug-likeness (QED) is 0.0454. The number of halogens is 1. The molecule has 1 fully saturated rings. The molecule has 7 rings (SSSR count). The maximum Gasteiger partial charge on any atom is 1.00 e. The van der Waals surface area contributed by atoms with Crippen LogP contribution in [0.15, 0.2) is 72.9 Å². The van der Waals surface area contributed by atoms with E-state index in [1.807, 2.05) is 54.9 Å². The van der Waals surface area contributed by atoms with Crippen LogP contribution in [0.5, 0.6) is 0 Å². The molecule has 1 saturated heterocycles. The largest absolute Gasteiger partial charge is 1.00 e. The molecule has 2 aromatic carbocycles. The zero-order valence-corrected chi connectivity index (χ0v) is 38.6. The van der Waals surface area contributed by atoms with E-state index in [1.54, 1.807) is 30.5 Å². The maximum absolute atomic E-state index is 14.0. The number of nitrogen functional groups attached to an aromatic ring is 1. The molecule has 5 aromatic rings. The second-order valence-corrected chi connectivity index (χ2v) is 14.2. The number of nitrogens with zero attached hydrogens (tertiary/aromatic N) is 7. The van der Waals surface area contributed by atoms with E-state index in [-0.39, 0.29) is 75.5 Å². The van der Waals surface area contributed by atoms with E-state index >= 15 is 0 Å². The fraction of sp³-hybridized carbons (Fsp3) is 0.372. The van der Waals surface area contributed by atoms with Crippen molar-refractivity contribution in [2.75, 3.05) is 94.9 Å². The number of amides is 3. The Morgan fingerprint density at radius 3 is 2.31 bits per heavy atom. The average molecular weight is 880 g/mol. The van der Waals surface area contributed by atoms with Crippen molar-refractivity contribution in [2.45, 2.75) is 19.8 Å². The zero-order chi connectivity index (χ0) is 42.4. The number of benzene rings is 2. The Hall–Kier alpha value is -4.41. The number of aryl methyl sites for hydroxylation is 2. The number of rotatable bonds is 19. The van der Waals surface area contributed by atoms with Crippen LogP contribution in [0.1, 0.15) is 39.4 Å². The number of carbonyl (C=O) groups is 3. The molecule has 19 heteroatoms. The number of hydrogen-bond acceptors (Lipinski definition) is 14. The predicted molar refractivity (Wildman–Crippen MR) is 228 cm³/mol. The molecule has 3 aromatic heterocycles. The van der Waals surface area contributed by atoms with Crippen LogP contribution in [0.25, 0.3) is 22.4 Å². The normalized spacial score (nSPS) is 13.6. The number of piperazine rings is 1. The Labute approximate surface area is 403 Å². The molecule has 0 saturated carbocycles. The smallest absolute Gasteiger partial charge is 0.870 e. The van der Waals surface area contributed by atoms with E-state index in [1.165, 1.54) is 12.6 Å². The summed E-state index contributed by atoms with van der Waals surface area (Å²) in [6.07, 6.45) is 1.96. The minimum Gasteiger partial charge on any atom is -0.870 e. The second-order valence-electron chi connectivity index (χ2n) is 14.2. The van der Waals surface area contributed by atoms with Gasteiger partial charge < -0.3 is 50.8 Å². The van der Waals surface area contributed by atoms with Crippen molar-refractivity contribution in [3.63, 3.8) is 0 Å². The molecule has 17 nitrogen and oxygen atoms in total. The summed E-state index contributed by atoms with van der Waals surface area (Å²) in [7, 11) is 1.96. The van der Waals surface area contributed by atoms with Crippen molar-refractivity contribution in [1.29, 1.82) is 0 Å². The molecule has 0 spiro atoms. The van der Waals surface area contributed by atoms with Gasteiger partial charge in [0.15, 0.2) is 5.65 Å². The van der Waals surface area contributed by atoms with Gasteiger partial charge in [-0.2, -0.15) is 6.42 Å². The van der Waals surface area contributed by atoms with Crippen molar-refractivity contribution < 1.29 is 89.8 Å². The maximum atomic E-state index is 14.0. The summed E-state index contributed by atoms with van der Waals surface area (Å²) in [4.78, 5) is 54.8. The van der Waals surface area contributed by atoms with Crippen LogP contribution in [0.3, 0.4) is 0 Å². The summed E-state index contributed by atoms with van der Waals surface area (Å²) >= 11 is 0. The van der Waals surface area contributed by atoms with Crippen LogP contribution >= 0.6 is 0 Å². The van der Waals surface area contributed by atoms with Crippen LogP contribution in [0, 0.1) is 19.3 Å². The molecule has 5 heterocycles. The van der Waals surface area contributed by atoms with Crippen molar-refractivity contribution in [3.05, 3.63) is 102 Å². The van der Waals surface area contributed by atoms with Crippen molar-refractivity contribution >= 4 is 46.1 Å². The summed E-state index contributed by atoms with van der Waals surface area (Å²) in [5.74, 6) is -0.0731. The second kappa shape index (κ2) is 25.0. The third kappa shape index (κ3) is 13.5. The Balaban J connectivity index is 0.000000352. The molecular formula is C43H53FKN10O7-. The van der Waals surface area contributed by atoms with Gasteiger partial charge in [0.1, 0.15) is 23.0 Å². The Morgan fingerprint density at radius 1 is 0.887 bits per heavy atom. The standard InChI is InChI=1S/C30H39FN5O6.C13H13N5.K.H2O/c31-24-6-1-2-8-26(24)35-14-12-34(13-15-35)16-18-41-20-22-42-21-19-40-17-10-33-25-7-3-5-23-28(25)30(39)36(29(23)38)11-4-9-27(32)37;1-8-16-11-4-3-10(17-13(11)18(8)2)9-5-6-15-12(14)7-9;;/h1-3,5-8,11,33H,4,9-10,12-22H2,(H2,32,37);3-7H,1-2H3,(H2,14,15);;1H2/q-1;;+1;/p-1. The van der Waals surface area contributed by atoms with Crippen molar-refractivity contribution in [2.24, 2.45) is 12.8 Å². The number of imidazole rings is 1. The van der Waals surface area contributed by atoms with Gasteiger partial charge >= 0.3 is 51.4 Å². The average Bonchev–Trinajstić information content (AvgIpc) is 3.67. The number of fused-ring (bicyclic) bond motifs is 2. The summed E-state index contributed by atoms with van der Waals surface area (Å²) in [6.45, 7) is 10.8. The van der Waals surface area contributed by atoms with E-state index in [2.05, 4.69) is 30.1 Å². The van der Waals surface area contributed by atoms with Crippen molar-refractivity contribution in [1.82, 2.24) is 29.3 Å². The summed E-state index contributed by atoms with van der Waals surface area (Å²) in [5.41, 5.74) is 16.3. The number of aromatic nitrogens is 4. The van der Waals surface area contributed by atoms with Crippen LogP contribution in [-0.4, -0.2) is 131 Å². The number of para-hydroxylation sites is 1. The SMILES string of the molecule is Cc1nc2ccc(-c3ccnc(N)c3)nc2n1C.NC(=O)CC[CH-]N1C(=O)c2cccc(NCCOCCOCCOCCN3CCN(c4ccccc4F)CC3)c2C1=O.[K+].[OH-]. The molecule has 0 atom stereocenters. The number of hydrogen-bond donors (Lipinski definition) is 3. The zero-order valence-electron chi connectivity index (χ0n) is 35.5. The van der Waals surface area contributed by atoms with Crippen LogP contribution < -0.4 is 73.1 Å². The van der Waals surface area contributed by atoms with E-state index in [4.69, 9.17) is 25.7 Å². The Bertz CT molecular complexity index is 2260. The number of anilines is 3. The number of pyridine rings is 2. The molecule has 3 amide bonds. The van der Waals surface area contributed by atoms with Gasteiger partial charge in [0.25, 0.3) is 0 Å². The fourth-order valence-corrected chi connectivity index (χ4v) is 6.81. The first-order chi connectivity index (χ1) is 29.1. The fourth-order valence-electron chi connectivity index (χ4n) is 6.81. The first-order valence-corrected chi connectivity index (χ1v) is 19.9. The molecule has 2 aliphatic heterocycles. The third-order valence-corrected chi connectivity index (χ3v) is 10.1. The van der Waals surface area contributed by atoms with Crippen LogP contribution in [0.2, 0.25) is 0 Å². The molecule has 0 bridgehead atoms. The van der Waals surface area contributed by atoms with Gasteiger partial charge in [0.05, 0.1) is 62.1 Å². The number of nitrogens with two attached hydrogens (primary N) is 2. The van der Waals surface area contributed by atoms with E-state index in [0.717, 1.165) is 65.9 Å². The van der Waals surface area contributed by atoms with E-state index < -0.39 is 17.7 Å². The minimum atomic E-state index is -0.495. The van der Waals surface area contributed by atoms with Gasteiger partial charge in [-0.1, -0.05) is 18.2 Å². The summed E-state index contributed by atoms with van der Waals surface area (Å²) < 4.78 is 32.8. The summed E-state index contributed by atoms with van der Waals surface area (Å²) in [6, 6.07) is 19.6. The molecule has 0 unspecified atom stereocenters. The molecule has 62 heavy (non-hydrogen) atoms. The van der Waals surface area contributed by atoms with Gasteiger partial charge in [-0.25, -0.2) is 25.9 Å². The predicted octanol–water partition coefficient (Wildman–Crippen LogP) is 0.881. The number of nitrogens with one attached hydrogen (secondary N) is 1. The Kier molecular flexibility index (Phi) is 20.3. The third-order valence-electron chi connectivity index (χ3n) is 10.1. The molecule has 0 aliphatic carbocycles. The van der Waals surface area contributed by atoms with Gasteiger partial charge in [0, 0.05) is 70.2 Å². The van der Waals surface area contributed by atoms with E-state index in [0.29, 0.717) is 74.5 Å². The first kappa shape index (κ1) is 50.2. The van der Waals surface area contributed by atoms with Crippen LogP contribution in [0.4, 0.5) is 21.6 Å². The Morgan fingerprint density at radius 2 is 1.60 bits per heavy atom. The monoisotopic (exact) mass is 879 g/mol. The van der Waals surface area contributed by atoms with E-state index in [9.17, 15) is 18.8 Å². The molecule has 6 N–H and O–H groups in total. The molecular weight excluding hydrogens is 827 g/mol.